The second kappa shape index (κ2) is 8.57. The Morgan fingerprint density at radius 1 is 1.09 bits per heavy atom. The molecule has 0 heterocycles. The molecular weight excluding hydrogens is 272 g/mol. The second-order valence-electron chi connectivity index (χ2n) is 7.85. The molecule has 0 bridgehead atoms. The van der Waals surface area contributed by atoms with Crippen LogP contribution in [-0.2, 0) is 16.8 Å². The van der Waals surface area contributed by atoms with Crippen LogP contribution in [0.3, 0.4) is 0 Å². The smallest absolute Gasteiger partial charge is 0.122 e. The fourth-order valence-electron chi connectivity index (χ4n) is 2.63. The first-order chi connectivity index (χ1) is 10.2. The van der Waals surface area contributed by atoms with Gasteiger partial charge in [-0.05, 0) is 47.4 Å². The molecule has 0 aliphatic rings. The van der Waals surface area contributed by atoms with Crippen molar-refractivity contribution in [2.24, 2.45) is 5.92 Å². The number of hydrogen-bond donors (Lipinski definition) is 1. The van der Waals surface area contributed by atoms with Gasteiger partial charge in [-0.1, -0.05) is 59.9 Å². The summed E-state index contributed by atoms with van der Waals surface area (Å²) in [5.74, 6) is 1.22. The molecule has 0 radical (unpaired) electrons. The predicted octanol–water partition coefficient (Wildman–Crippen LogP) is 5.73. The number of aryl methyl sites for hydroxylation is 1. The molecule has 0 aromatic heterocycles. The first kappa shape index (κ1) is 19.0. The number of aromatic hydroxyl groups is 1. The van der Waals surface area contributed by atoms with Gasteiger partial charge in [-0.2, -0.15) is 0 Å². The van der Waals surface area contributed by atoms with Crippen LogP contribution < -0.4 is 0 Å². The summed E-state index contributed by atoms with van der Waals surface area (Å²) in [6.45, 7) is 14.3. The van der Waals surface area contributed by atoms with Crippen molar-refractivity contribution in [3.8, 4) is 5.75 Å². The van der Waals surface area contributed by atoms with Crippen LogP contribution in [0, 0.1) is 12.8 Å². The van der Waals surface area contributed by atoms with E-state index in [1.807, 2.05) is 13.0 Å². The van der Waals surface area contributed by atoms with Crippen LogP contribution in [0.15, 0.2) is 12.1 Å². The van der Waals surface area contributed by atoms with E-state index < -0.39 is 0 Å². The van der Waals surface area contributed by atoms with E-state index in [2.05, 4.69) is 40.7 Å². The quantitative estimate of drug-likeness (QED) is 0.621. The summed E-state index contributed by atoms with van der Waals surface area (Å²) in [6, 6.07) is 4.12. The molecule has 1 N–H and O–H groups in total. The molecule has 0 unspecified atom stereocenters. The van der Waals surface area contributed by atoms with Crippen LogP contribution >= 0.6 is 0 Å². The van der Waals surface area contributed by atoms with Crippen LogP contribution in [0.1, 0.15) is 77.0 Å². The fraction of sp³-hybridized carbons (Fsp3) is 0.700. The summed E-state index contributed by atoms with van der Waals surface area (Å²) in [5.41, 5.74) is 3.04. The van der Waals surface area contributed by atoms with Crippen molar-refractivity contribution in [2.75, 3.05) is 6.61 Å². The molecule has 0 saturated heterocycles. The maximum atomic E-state index is 10.2. The topological polar surface area (TPSA) is 29.5 Å². The highest BCUT2D eigenvalue weighted by atomic mass is 16.5. The van der Waals surface area contributed by atoms with Gasteiger partial charge >= 0.3 is 0 Å². The Kier molecular flexibility index (Phi) is 7.41. The van der Waals surface area contributed by atoms with E-state index in [9.17, 15) is 5.11 Å². The number of benzene rings is 1. The van der Waals surface area contributed by atoms with E-state index in [4.69, 9.17) is 4.74 Å². The third-order valence-corrected chi connectivity index (χ3v) is 4.01. The van der Waals surface area contributed by atoms with Gasteiger partial charge in [-0.25, -0.2) is 0 Å². The summed E-state index contributed by atoms with van der Waals surface area (Å²) in [4.78, 5) is 0. The van der Waals surface area contributed by atoms with Crippen molar-refractivity contribution in [1.29, 1.82) is 0 Å². The highest BCUT2D eigenvalue weighted by molar-refractivity contribution is 5.46. The number of phenols is 1. The van der Waals surface area contributed by atoms with Gasteiger partial charge in [0.15, 0.2) is 0 Å². The Morgan fingerprint density at radius 2 is 1.77 bits per heavy atom. The first-order valence-electron chi connectivity index (χ1n) is 8.62. The molecule has 1 aromatic carbocycles. The lowest BCUT2D eigenvalue weighted by atomic mass is 9.84. The zero-order chi connectivity index (χ0) is 16.8. The lowest BCUT2D eigenvalue weighted by Gasteiger charge is -2.22. The van der Waals surface area contributed by atoms with Gasteiger partial charge in [0.2, 0.25) is 0 Å². The molecule has 0 amide bonds. The van der Waals surface area contributed by atoms with Crippen LogP contribution in [0.5, 0.6) is 5.75 Å². The Hall–Kier alpha value is -1.02. The average Bonchev–Trinajstić information content (AvgIpc) is 2.39. The minimum absolute atomic E-state index is 0.0539. The minimum Gasteiger partial charge on any atom is -0.507 e. The van der Waals surface area contributed by atoms with E-state index in [-0.39, 0.29) is 5.41 Å². The molecule has 1 aromatic rings. The van der Waals surface area contributed by atoms with Gasteiger partial charge < -0.3 is 9.84 Å². The molecule has 0 aliphatic heterocycles. The summed E-state index contributed by atoms with van der Waals surface area (Å²) < 4.78 is 5.81. The molecule has 0 saturated carbocycles. The van der Waals surface area contributed by atoms with E-state index in [1.165, 1.54) is 19.3 Å². The minimum atomic E-state index is -0.0539. The van der Waals surface area contributed by atoms with Crippen LogP contribution in [-0.4, -0.2) is 11.7 Å². The zero-order valence-corrected chi connectivity index (χ0v) is 15.3. The molecule has 0 spiro atoms. The van der Waals surface area contributed by atoms with Crippen molar-refractivity contribution in [1.82, 2.24) is 0 Å². The fourth-order valence-corrected chi connectivity index (χ4v) is 2.63. The Bertz CT molecular complexity index is 456. The summed E-state index contributed by atoms with van der Waals surface area (Å²) in [5, 5.41) is 10.2. The van der Waals surface area contributed by atoms with Crippen molar-refractivity contribution in [3.05, 3.63) is 28.8 Å². The largest absolute Gasteiger partial charge is 0.507 e. The average molecular weight is 306 g/mol. The van der Waals surface area contributed by atoms with Crippen LogP contribution in [0.25, 0.3) is 0 Å². The number of phenolic OH excluding ortho intramolecular Hbond substituents is 1. The molecular formula is C20H34O2. The summed E-state index contributed by atoms with van der Waals surface area (Å²) in [7, 11) is 0. The van der Waals surface area contributed by atoms with Crippen molar-refractivity contribution < 1.29 is 9.84 Å². The standard InChI is InChI=1S/C20H34O2/c1-15(2)10-8-7-9-11-22-14-17-12-16(3)19(21)18(13-17)20(4,5)6/h12-13,15,21H,7-11,14H2,1-6H3. The molecule has 0 aliphatic carbocycles. The normalized spacial score (nSPS) is 12.1. The molecule has 0 fully saturated rings. The summed E-state index contributed by atoms with van der Waals surface area (Å²) in [6.07, 6.45) is 5.00. The number of ether oxygens (including phenoxy) is 1. The molecule has 2 heteroatoms. The molecule has 126 valence electrons. The van der Waals surface area contributed by atoms with E-state index in [0.717, 1.165) is 35.6 Å². The van der Waals surface area contributed by atoms with Gasteiger partial charge in [0, 0.05) is 6.61 Å². The van der Waals surface area contributed by atoms with E-state index in [1.54, 1.807) is 0 Å². The lowest BCUT2D eigenvalue weighted by molar-refractivity contribution is 0.116. The highest BCUT2D eigenvalue weighted by Gasteiger charge is 2.20. The van der Waals surface area contributed by atoms with Gasteiger partial charge in [-0.3, -0.25) is 0 Å². The molecule has 1 rings (SSSR count). The Labute approximate surface area is 136 Å². The maximum Gasteiger partial charge on any atom is 0.122 e. The predicted molar refractivity (Wildman–Crippen MR) is 94.5 cm³/mol. The number of unbranched alkanes of at least 4 members (excludes halogenated alkanes) is 2. The summed E-state index contributed by atoms with van der Waals surface area (Å²) >= 11 is 0. The van der Waals surface area contributed by atoms with Crippen molar-refractivity contribution in [2.45, 2.75) is 79.2 Å². The Morgan fingerprint density at radius 3 is 2.36 bits per heavy atom. The van der Waals surface area contributed by atoms with E-state index >= 15 is 0 Å². The number of rotatable bonds is 8. The van der Waals surface area contributed by atoms with Crippen molar-refractivity contribution >= 4 is 0 Å². The SMILES string of the molecule is Cc1cc(COCCCCCC(C)C)cc(C(C)(C)C)c1O. The van der Waals surface area contributed by atoms with Crippen molar-refractivity contribution in [3.63, 3.8) is 0 Å². The molecule has 0 atom stereocenters. The third kappa shape index (κ3) is 6.39. The van der Waals surface area contributed by atoms with E-state index in [0.29, 0.717) is 12.4 Å². The van der Waals surface area contributed by atoms with Crippen LogP contribution in [0.2, 0.25) is 0 Å². The lowest BCUT2D eigenvalue weighted by Crippen LogP contribution is -2.12. The van der Waals surface area contributed by atoms with Gasteiger partial charge in [0.1, 0.15) is 5.75 Å². The second-order valence-corrected chi connectivity index (χ2v) is 7.85. The Balaban J connectivity index is 2.45. The van der Waals surface area contributed by atoms with Gasteiger partial charge in [0.25, 0.3) is 0 Å². The van der Waals surface area contributed by atoms with Gasteiger partial charge in [-0.15, -0.1) is 0 Å². The number of hydrogen-bond acceptors (Lipinski definition) is 2. The maximum absolute atomic E-state index is 10.2. The molecule has 2 nitrogen and oxygen atoms in total. The molecule has 22 heavy (non-hydrogen) atoms. The monoisotopic (exact) mass is 306 g/mol. The zero-order valence-electron chi connectivity index (χ0n) is 15.3. The third-order valence-electron chi connectivity index (χ3n) is 4.01. The van der Waals surface area contributed by atoms with Crippen LogP contribution in [0.4, 0.5) is 0 Å². The first-order valence-corrected chi connectivity index (χ1v) is 8.62. The highest BCUT2D eigenvalue weighted by Crippen LogP contribution is 2.34. The van der Waals surface area contributed by atoms with Gasteiger partial charge in [0.05, 0.1) is 6.61 Å².